The Morgan fingerprint density at radius 3 is 2.76 bits per heavy atom. The fourth-order valence-corrected chi connectivity index (χ4v) is 2.22. The van der Waals surface area contributed by atoms with Crippen molar-refractivity contribution >= 4 is 22.6 Å². The van der Waals surface area contributed by atoms with Crippen LogP contribution in [0.3, 0.4) is 0 Å². The zero-order valence-electron chi connectivity index (χ0n) is 11.5. The van der Waals surface area contributed by atoms with Gasteiger partial charge in [0.25, 0.3) is 0 Å². The van der Waals surface area contributed by atoms with Gasteiger partial charge in [-0.1, -0.05) is 6.07 Å². The predicted molar refractivity (Wildman–Crippen MR) is 79.4 cm³/mol. The third-order valence-corrected chi connectivity index (χ3v) is 3.28. The van der Waals surface area contributed by atoms with Gasteiger partial charge in [0.1, 0.15) is 5.82 Å². The molecule has 0 saturated heterocycles. The van der Waals surface area contributed by atoms with Gasteiger partial charge in [-0.05, 0) is 42.0 Å². The Morgan fingerprint density at radius 2 is 2.00 bits per heavy atom. The first-order valence-electron chi connectivity index (χ1n) is 6.57. The van der Waals surface area contributed by atoms with Crippen molar-refractivity contribution in [1.82, 2.24) is 9.55 Å². The van der Waals surface area contributed by atoms with E-state index in [2.05, 4.69) is 10.3 Å². The first kappa shape index (κ1) is 13.3. The molecule has 1 aromatic heterocycles. The summed E-state index contributed by atoms with van der Waals surface area (Å²) in [6.45, 7) is 0. The number of nitrogens with one attached hydrogen (secondary N) is 1. The van der Waals surface area contributed by atoms with E-state index in [1.807, 2.05) is 29.8 Å². The van der Waals surface area contributed by atoms with Gasteiger partial charge in [0, 0.05) is 12.7 Å². The molecule has 1 heterocycles. The van der Waals surface area contributed by atoms with Gasteiger partial charge in [-0.3, -0.25) is 4.79 Å². The Balaban J connectivity index is 1.72. The van der Waals surface area contributed by atoms with Crippen molar-refractivity contribution < 1.29 is 9.18 Å². The topological polar surface area (TPSA) is 46.9 Å². The number of imidazole rings is 1. The van der Waals surface area contributed by atoms with Crippen molar-refractivity contribution in [3.05, 3.63) is 60.2 Å². The molecule has 0 fully saturated rings. The highest BCUT2D eigenvalue weighted by Gasteiger charge is 2.07. The van der Waals surface area contributed by atoms with Gasteiger partial charge < -0.3 is 9.88 Å². The van der Waals surface area contributed by atoms with Crippen LogP contribution in [0.25, 0.3) is 11.0 Å². The molecule has 0 spiro atoms. The van der Waals surface area contributed by atoms with Crippen molar-refractivity contribution in [3.63, 3.8) is 0 Å². The lowest BCUT2D eigenvalue weighted by atomic mass is 10.1. The van der Waals surface area contributed by atoms with Gasteiger partial charge in [0.15, 0.2) is 0 Å². The second kappa shape index (κ2) is 5.36. The quantitative estimate of drug-likeness (QED) is 0.803. The largest absolute Gasteiger partial charge is 0.334 e. The highest BCUT2D eigenvalue weighted by molar-refractivity contribution is 5.92. The number of amides is 1. The first-order chi connectivity index (χ1) is 10.1. The van der Waals surface area contributed by atoms with Crippen LogP contribution >= 0.6 is 0 Å². The summed E-state index contributed by atoms with van der Waals surface area (Å²) in [4.78, 5) is 16.2. The van der Waals surface area contributed by atoms with Crippen molar-refractivity contribution in [2.24, 2.45) is 7.05 Å². The Bertz CT molecular complexity index is 793. The van der Waals surface area contributed by atoms with E-state index in [4.69, 9.17) is 0 Å². The van der Waals surface area contributed by atoms with Crippen LogP contribution in [0, 0.1) is 5.82 Å². The molecule has 2 aromatic carbocycles. The highest BCUT2D eigenvalue weighted by Crippen LogP contribution is 2.15. The summed E-state index contributed by atoms with van der Waals surface area (Å²) in [6.07, 6.45) is 2.00. The minimum absolute atomic E-state index is 0.142. The predicted octanol–water partition coefficient (Wildman–Crippen LogP) is 2.89. The molecular formula is C16H14FN3O. The maximum absolute atomic E-state index is 12.8. The standard InChI is InChI=1S/C16H14FN3O/c1-20-10-18-14-8-11(2-7-15(14)20)9-16(21)19-13-5-3-12(17)4-6-13/h2-8,10H,9H2,1H3,(H,19,21). The minimum Gasteiger partial charge on any atom is -0.334 e. The summed E-state index contributed by atoms with van der Waals surface area (Å²) in [5, 5.41) is 2.74. The zero-order valence-corrected chi connectivity index (χ0v) is 11.5. The van der Waals surface area contributed by atoms with E-state index in [0.29, 0.717) is 5.69 Å². The number of hydrogen-bond acceptors (Lipinski definition) is 2. The number of aromatic nitrogens is 2. The van der Waals surface area contributed by atoms with Crippen LogP contribution in [-0.4, -0.2) is 15.5 Å². The minimum atomic E-state index is -0.325. The van der Waals surface area contributed by atoms with Crippen LogP contribution in [0.5, 0.6) is 0 Å². The summed E-state index contributed by atoms with van der Waals surface area (Å²) >= 11 is 0. The first-order valence-corrected chi connectivity index (χ1v) is 6.57. The Kier molecular flexibility index (Phi) is 3.39. The summed E-state index contributed by atoms with van der Waals surface area (Å²) < 4.78 is 14.7. The van der Waals surface area contributed by atoms with E-state index in [9.17, 15) is 9.18 Å². The zero-order chi connectivity index (χ0) is 14.8. The van der Waals surface area contributed by atoms with E-state index >= 15 is 0 Å². The fourth-order valence-electron chi connectivity index (χ4n) is 2.22. The Hall–Kier alpha value is -2.69. The molecule has 0 aliphatic rings. The molecule has 0 aliphatic carbocycles. The molecule has 0 saturated carbocycles. The average molecular weight is 283 g/mol. The normalized spacial score (nSPS) is 10.8. The van der Waals surface area contributed by atoms with E-state index in [1.165, 1.54) is 24.3 Å². The lowest BCUT2D eigenvalue weighted by Gasteiger charge is -2.05. The fraction of sp³-hybridized carbons (Fsp3) is 0.125. The lowest BCUT2D eigenvalue weighted by Crippen LogP contribution is -2.14. The highest BCUT2D eigenvalue weighted by atomic mass is 19.1. The van der Waals surface area contributed by atoms with Gasteiger partial charge in [0.05, 0.1) is 23.8 Å². The van der Waals surface area contributed by atoms with E-state index in [-0.39, 0.29) is 18.1 Å². The molecule has 0 unspecified atom stereocenters. The second-order valence-electron chi connectivity index (χ2n) is 4.91. The van der Waals surface area contributed by atoms with Gasteiger partial charge in [-0.25, -0.2) is 9.37 Å². The Morgan fingerprint density at radius 1 is 1.24 bits per heavy atom. The van der Waals surface area contributed by atoms with Crippen LogP contribution in [0.2, 0.25) is 0 Å². The second-order valence-corrected chi connectivity index (χ2v) is 4.91. The van der Waals surface area contributed by atoms with Crippen molar-refractivity contribution in [2.45, 2.75) is 6.42 Å². The van der Waals surface area contributed by atoms with Gasteiger partial charge in [-0.15, -0.1) is 0 Å². The van der Waals surface area contributed by atoms with Crippen molar-refractivity contribution in [2.75, 3.05) is 5.32 Å². The van der Waals surface area contributed by atoms with Crippen LogP contribution in [-0.2, 0) is 18.3 Å². The molecule has 0 aliphatic heterocycles. The summed E-state index contributed by atoms with van der Waals surface area (Å²) in [5.74, 6) is -0.467. The number of halogens is 1. The summed E-state index contributed by atoms with van der Waals surface area (Å²) in [7, 11) is 1.93. The van der Waals surface area contributed by atoms with Crippen LogP contribution in [0.15, 0.2) is 48.8 Å². The van der Waals surface area contributed by atoms with Gasteiger partial charge in [0.2, 0.25) is 5.91 Å². The monoisotopic (exact) mass is 283 g/mol. The smallest absolute Gasteiger partial charge is 0.228 e. The maximum Gasteiger partial charge on any atom is 0.228 e. The Labute approximate surface area is 121 Å². The number of benzene rings is 2. The molecular weight excluding hydrogens is 269 g/mol. The molecule has 3 aromatic rings. The van der Waals surface area contributed by atoms with Crippen molar-refractivity contribution in [3.8, 4) is 0 Å². The number of hydrogen-bond donors (Lipinski definition) is 1. The summed E-state index contributed by atoms with van der Waals surface area (Å²) in [5.41, 5.74) is 3.36. The molecule has 0 atom stereocenters. The molecule has 106 valence electrons. The molecule has 1 amide bonds. The average Bonchev–Trinajstić information content (AvgIpc) is 2.82. The molecule has 4 nitrogen and oxygen atoms in total. The lowest BCUT2D eigenvalue weighted by molar-refractivity contribution is -0.115. The number of carbonyl (C=O) groups is 1. The number of aryl methyl sites for hydroxylation is 1. The molecule has 0 bridgehead atoms. The number of rotatable bonds is 3. The molecule has 21 heavy (non-hydrogen) atoms. The molecule has 1 N–H and O–H groups in total. The summed E-state index contributed by atoms with van der Waals surface area (Å²) in [6, 6.07) is 11.5. The number of fused-ring (bicyclic) bond motifs is 1. The van der Waals surface area contributed by atoms with Crippen LogP contribution in [0.1, 0.15) is 5.56 Å². The third kappa shape index (κ3) is 2.91. The van der Waals surface area contributed by atoms with Gasteiger partial charge in [-0.2, -0.15) is 0 Å². The maximum atomic E-state index is 12.8. The number of nitrogens with zero attached hydrogens (tertiary/aromatic N) is 2. The van der Waals surface area contributed by atoms with Crippen molar-refractivity contribution in [1.29, 1.82) is 0 Å². The number of carbonyl (C=O) groups excluding carboxylic acids is 1. The molecule has 5 heteroatoms. The molecule has 3 rings (SSSR count). The third-order valence-electron chi connectivity index (χ3n) is 3.28. The van der Waals surface area contributed by atoms with E-state index in [1.54, 1.807) is 6.33 Å². The number of anilines is 1. The van der Waals surface area contributed by atoms with Crippen LogP contribution in [0.4, 0.5) is 10.1 Å². The molecule has 0 radical (unpaired) electrons. The van der Waals surface area contributed by atoms with Gasteiger partial charge >= 0.3 is 0 Å². The SMILES string of the molecule is Cn1cnc2cc(CC(=O)Nc3ccc(F)cc3)ccc21. The van der Waals surface area contributed by atoms with E-state index in [0.717, 1.165) is 16.6 Å². The van der Waals surface area contributed by atoms with Crippen LogP contribution < -0.4 is 5.32 Å². The van der Waals surface area contributed by atoms with E-state index < -0.39 is 0 Å².